The molecule has 4 heterocycles. The van der Waals surface area contributed by atoms with Crippen LogP contribution in [0.4, 0.5) is 5.82 Å². The summed E-state index contributed by atoms with van der Waals surface area (Å²) in [6.07, 6.45) is 9.99. The number of nitrogens with zero attached hydrogens (tertiary/aromatic N) is 4. The molecule has 2 aliphatic rings. The first-order valence-corrected chi connectivity index (χ1v) is 12.3. The normalized spacial score (nSPS) is 18.2. The third-order valence-electron chi connectivity index (χ3n) is 5.78. The molecule has 0 aliphatic carbocycles. The van der Waals surface area contributed by atoms with Crippen LogP contribution in [0.2, 0.25) is 0 Å². The molecule has 2 fully saturated rings. The fraction of sp³-hybridized carbons (Fsp3) is 0.478. The molecule has 2 saturated heterocycles. The van der Waals surface area contributed by atoms with Crippen LogP contribution in [-0.2, 0) is 4.79 Å². The lowest BCUT2D eigenvalue weighted by atomic mass is 10.2. The molecule has 164 valence electrons. The second-order valence-corrected chi connectivity index (χ2v) is 9.85. The first kappa shape index (κ1) is 22.0. The molecule has 0 spiro atoms. The Morgan fingerprint density at radius 3 is 2.68 bits per heavy atom. The fourth-order valence-electron chi connectivity index (χ4n) is 4.06. The number of hydrogen-bond donors (Lipinski definition) is 0. The van der Waals surface area contributed by atoms with Crippen molar-refractivity contribution >= 4 is 51.7 Å². The average molecular weight is 457 g/mol. The Morgan fingerprint density at radius 1 is 1.16 bits per heavy atom. The van der Waals surface area contributed by atoms with Crippen LogP contribution >= 0.6 is 24.0 Å². The van der Waals surface area contributed by atoms with Crippen molar-refractivity contribution in [2.45, 2.75) is 52.4 Å². The van der Waals surface area contributed by atoms with Gasteiger partial charge in [-0.15, -0.1) is 0 Å². The number of pyridine rings is 1. The van der Waals surface area contributed by atoms with Gasteiger partial charge in [0.25, 0.3) is 11.5 Å². The Labute approximate surface area is 192 Å². The third kappa shape index (κ3) is 4.55. The zero-order valence-electron chi connectivity index (χ0n) is 18.1. The van der Waals surface area contributed by atoms with E-state index in [9.17, 15) is 9.59 Å². The molecule has 1 amide bonds. The Hall–Kier alpha value is -2.19. The molecular weight excluding hydrogens is 428 g/mol. The van der Waals surface area contributed by atoms with Crippen LogP contribution in [-0.4, -0.2) is 44.1 Å². The summed E-state index contributed by atoms with van der Waals surface area (Å²) in [5, 5.41) is 0. The predicted molar refractivity (Wildman–Crippen MR) is 132 cm³/mol. The number of hydrogen-bond acceptors (Lipinski definition) is 6. The number of thioether (sulfide) groups is 1. The first-order valence-electron chi connectivity index (χ1n) is 11.0. The van der Waals surface area contributed by atoms with Gasteiger partial charge in [0.15, 0.2) is 0 Å². The van der Waals surface area contributed by atoms with E-state index in [1.54, 1.807) is 21.6 Å². The lowest BCUT2D eigenvalue weighted by molar-refractivity contribution is -0.122. The van der Waals surface area contributed by atoms with Gasteiger partial charge >= 0.3 is 0 Å². The smallest absolute Gasteiger partial charge is 0.267 e. The number of amides is 1. The van der Waals surface area contributed by atoms with Gasteiger partial charge in [0.05, 0.1) is 10.5 Å². The second kappa shape index (κ2) is 9.53. The van der Waals surface area contributed by atoms with Crippen molar-refractivity contribution in [3.63, 3.8) is 0 Å². The maximum absolute atomic E-state index is 13.4. The highest BCUT2D eigenvalue weighted by Crippen LogP contribution is 2.34. The van der Waals surface area contributed by atoms with Gasteiger partial charge < -0.3 is 4.90 Å². The third-order valence-corrected chi connectivity index (χ3v) is 7.15. The van der Waals surface area contributed by atoms with Gasteiger partial charge in [-0.2, -0.15) is 0 Å². The van der Waals surface area contributed by atoms with E-state index in [0.717, 1.165) is 57.2 Å². The molecule has 0 saturated carbocycles. The van der Waals surface area contributed by atoms with Crippen LogP contribution in [0, 0.1) is 6.92 Å². The van der Waals surface area contributed by atoms with Gasteiger partial charge in [-0.05, 0) is 43.9 Å². The minimum atomic E-state index is -0.149. The number of aromatic nitrogens is 2. The molecule has 31 heavy (non-hydrogen) atoms. The highest BCUT2D eigenvalue weighted by atomic mass is 32.2. The molecule has 8 heteroatoms. The van der Waals surface area contributed by atoms with Crippen molar-refractivity contribution in [1.29, 1.82) is 0 Å². The summed E-state index contributed by atoms with van der Waals surface area (Å²) in [6.45, 7) is 6.48. The number of fused-ring (bicyclic) bond motifs is 1. The van der Waals surface area contributed by atoms with Gasteiger partial charge in [0.1, 0.15) is 15.8 Å². The summed E-state index contributed by atoms with van der Waals surface area (Å²) in [5.74, 6) is 0.562. The number of aryl methyl sites for hydroxylation is 1. The highest BCUT2D eigenvalue weighted by Gasteiger charge is 2.32. The maximum Gasteiger partial charge on any atom is 0.267 e. The molecule has 0 aromatic carbocycles. The minimum absolute atomic E-state index is 0.104. The van der Waals surface area contributed by atoms with Crippen molar-refractivity contribution in [2.75, 3.05) is 24.5 Å². The number of carbonyl (C=O) groups excluding carboxylic acids is 1. The minimum Gasteiger partial charge on any atom is -0.356 e. The molecule has 0 unspecified atom stereocenters. The molecule has 2 aliphatic heterocycles. The monoisotopic (exact) mass is 456 g/mol. The largest absolute Gasteiger partial charge is 0.356 e. The van der Waals surface area contributed by atoms with E-state index in [-0.39, 0.29) is 11.5 Å². The van der Waals surface area contributed by atoms with Crippen LogP contribution in [0.5, 0.6) is 0 Å². The molecule has 4 rings (SSSR count). The number of unbranched alkanes of at least 4 members (excludes halogenated alkanes) is 3. The van der Waals surface area contributed by atoms with Crippen molar-refractivity contribution in [1.82, 2.24) is 14.3 Å². The molecule has 0 bridgehead atoms. The van der Waals surface area contributed by atoms with Crippen molar-refractivity contribution in [2.24, 2.45) is 0 Å². The number of anilines is 1. The maximum atomic E-state index is 13.4. The number of thiocarbonyl (C=S) groups is 1. The number of carbonyl (C=O) groups is 1. The molecular formula is C23H28N4O2S2. The Balaban J connectivity index is 1.73. The van der Waals surface area contributed by atoms with E-state index in [0.29, 0.717) is 32.8 Å². The topological polar surface area (TPSA) is 57.9 Å². The Kier molecular flexibility index (Phi) is 6.77. The van der Waals surface area contributed by atoms with Crippen molar-refractivity contribution < 1.29 is 4.79 Å². The summed E-state index contributed by atoms with van der Waals surface area (Å²) < 4.78 is 2.15. The zero-order chi connectivity index (χ0) is 22.0. The Morgan fingerprint density at radius 2 is 1.94 bits per heavy atom. The van der Waals surface area contributed by atoms with Crippen LogP contribution in [0.15, 0.2) is 28.0 Å². The van der Waals surface area contributed by atoms with Crippen LogP contribution < -0.4 is 10.5 Å². The summed E-state index contributed by atoms with van der Waals surface area (Å²) >= 11 is 6.76. The standard InChI is InChI=1S/C23H28N4O2S2/c1-3-4-5-6-13-26-22(29)18(31-23(26)30)14-17-20(25-11-7-8-12-25)24-19-10-9-16(2)15-27(19)21(17)28/h9-10,14-15H,3-8,11-13H2,1-2H3/b18-14+. The van der Waals surface area contributed by atoms with Gasteiger partial charge in [0.2, 0.25) is 0 Å². The van der Waals surface area contributed by atoms with E-state index in [4.69, 9.17) is 17.2 Å². The predicted octanol–water partition coefficient (Wildman–Crippen LogP) is 4.38. The van der Waals surface area contributed by atoms with Crippen molar-refractivity contribution in [3.8, 4) is 0 Å². The highest BCUT2D eigenvalue weighted by molar-refractivity contribution is 8.26. The molecule has 0 radical (unpaired) electrons. The van der Waals surface area contributed by atoms with Gasteiger partial charge in [0, 0.05) is 25.8 Å². The Bertz CT molecular complexity index is 1100. The van der Waals surface area contributed by atoms with Crippen molar-refractivity contribution in [3.05, 3.63) is 44.7 Å². The quantitative estimate of drug-likeness (QED) is 0.350. The summed E-state index contributed by atoms with van der Waals surface area (Å²) in [4.78, 5) is 35.6. The lowest BCUT2D eigenvalue weighted by Crippen LogP contribution is -2.29. The van der Waals surface area contributed by atoms with E-state index >= 15 is 0 Å². The van der Waals surface area contributed by atoms with Crippen LogP contribution in [0.25, 0.3) is 11.7 Å². The van der Waals surface area contributed by atoms with E-state index < -0.39 is 0 Å². The van der Waals surface area contributed by atoms with E-state index in [2.05, 4.69) is 11.8 Å². The zero-order valence-corrected chi connectivity index (χ0v) is 19.7. The van der Waals surface area contributed by atoms with Gasteiger partial charge in [-0.1, -0.05) is 56.2 Å². The lowest BCUT2D eigenvalue weighted by Gasteiger charge is -2.19. The summed E-state index contributed by atoms with van der Waals surface area (Å²) in [7, 11) is 0. The second-order valence-electron chi connectivity index (χ2n) is 8.18. The van der Waals surface area contributed by atoms with Gasteiger partial charge in [-0.25, -0.2) is 4.98 Å². The van der Waals surface area contributed by atoms with Gasteiger partial charge in [-0.3, -0.25) is 18.9 Å². The molecule has 0 N–H and O–H groups in total. The summed E-state index contributed by atoms with van der Waals surface area (Å²) in [5.41, 5.74) is 1.92. The molecule has 2 aromatic heterocycles. The van der Waals surface area contributed by atoms with E-state index in [1.165, 1.54) is 11.8 Å². The SMILES string of the molecule is CCCCCCN1C(=O)/C(=C\c2c(N3CCCC3)nc3ccc(C)cn3c2=O)SC1=S. The number of rotatable bonds is 7. The van der Waals surface area contributed by atoms with Crippen LogP contribution in [0.1, 0.15) is 56.6 Å². The first-order chi connectivity index (χ1) is 15.0. The average Bonchev–Trinajstić information content (AvgIpc) is 3.37. The van der Waals surface area contributed by atoms with E-state index in [1.807, 2.05) is 19.1 Å². The fourth-order valence-corrected chi connectivity index (χ4v) is 5.35. The molecule has 6 nitrogen and oxygen atoms in total. The molecule has 2 aromatic rings. The molecule has 0 atom stereocenters. The van der Waals surface area contributed by atoms with Crippen LogP contribution in [0.3, 0.4) is 0 Å². The summed E-state index contributed by atoms with van der Waals surface area (Å²) in [6, 6.07) is 3.83.